The molecule has 3 nitrogen and oxygen atoms in total. The summed E-state index contributed by atoms with van der Waals surface area (Å²) in [5, 5.41) is 7.92. The lowest BCUT2D eigenvalue weighted by Gasteiger charge is -2.13. The number of allylic oxidation sites excluding steroid dienone is 8. The minimum absolute atomic E-state index is 0.0409. The van der Waals surface area contributed by atoms with Crippen LogP contribution < -0.4 is 0 Å². The van der Waals surface area contributed by atoms with Crippen molar-refractivity contribution in [3.05, 3.63) is 95.1 Å². The van der Waals surface area contributed by atoms with E-state index < -0.39 is 0 Å². The summed E-state index contributed by atoms with van der Waals surface area (Å²) in [6.45, 7) is 20.5. The van der Waals surface area contributed by atoms with Crippen LogP contribution in [0.5, 0.6) is 0 Å². The van der Waals surface area contributed by atoms with Gasteiger partial charge in [-0.3, -0.25) is 9.79 Å². The van der Waals surface area contributed by atoms with Gasteiger partial charge in [0.15, 0.2) is 0 Å². The second-order valence-electron chi connectivity index (χ2n) is 9.38. The number of carbonyl (C=O) groups is 1. The molecule has 1 aromatic carbocycles. The van der Waals surface area contributed by atoms with E-state index in [0.717, 1.165) is 42.5 Å². The summed E-state index contributed by atoms with van der Waals surface area (Å²) in [6, 6.07) is 6.64. The summed E-state index contributed by atoms with van der Waals surface area (Å²) in [6.07, 6.45) is 15.0. The Morgan fingerprint density at radius 3 is 2.46 bits per heavy atom. The summed E-state index contributed by atoms with van der Waals surface area (Å²) in [7, 11) is 0. The molecule has 0 bridgehead atoms. The summed E-state index contributed by atoms with van der Waals surface area (Å²) >= 11 is 0. The Labute approximate surface area is 213 Å². The van der Waals surface area contributed by atoms with Gasteiger partial charge in [0.25, 0.3) is 0 Å². The number of benzene rings is 1. The number of rotatable bonds is 15. The lowest BCUT2D eigenvalue weighted by atomic mass is 9.95. The van der Waals surface area contributed by atoms with Crippen LogP contribution in [-0.2, 0) is 11.2 Å². The van der Waals surface area contributed by atoms with E-state index in [9.17, 15) is 4.79 Å². The molecule has 0 saturated carbocycles. The van der Waals surface area contributed by atoms with Gasteiger partial charge < -0.3 is 5.41 Å². The maximum Gasteiger partial charge on any atom is 0.134 e. The van der Waals surface area contributed by atoms with Crippen molar-refractivity contribution in [2.45, 2.75) is 67.2 Å². The lowest BCUT2D eigenvalue weighted by Crippen LogP contribution is -2.17. The maximum absolute atomic E-state index is 11.9. The Hall–Kier alpha value is -3.07. The molecule has 1 rings (SSSR count). The van der Waals surface area contributed by atoms with Crippen molar-refractivity contribution in [1.29, 1.82) is 5.41 Å². The molecule has 0 aliphatic rings. The summed E-state index contributed by atoms with van der Waals surface area (Å²) in [4.78, 5) is 16.5. The van der Waals surface area contributed by atoms with Crippen molar-refractivity contribution in [2.24, 2.45) is 16.8 Å². The highest BCUT2D eigenvalue weighted by atomic mass is 16.1. The standard InChI is InChI=1S/C32H44N2O/c1-9-11-13-29(16-17-30-15-14-23(3)24(4)18-30)19-25(5)26(6)20-32(21-33)27(7)34-22-31(12-10-2)28(8)35/h9,11,13-15,18-21,31-33H,1,5,10,12,16-17,22H2,2-4,6-8H3/b13-11-,26-20+,29-19+,33-21?,34-27?. The molecular weight excluding hydrogens is 428 g/mol. The van der Waals surface area contributed by atoms with E-state index in [-0.39, 0.29) is 17.6 Å². The molecule has 2 atom stereocenters. The topological polar surface area (TPSA) is 53.3 Å². The molecule has 188 valence electrons. The van der Waals surface area contributed by atoms with E-state index in [1.54, 1.807) is 13.0 Å². The number of hydrogen-bond acceptors (Lipinski definition) is 3. The van der Waals surface area contributed by atoms with Gasteiger partial charge in [0, 0.05) is 30.3 Å². The van der Waals surface area contributed by atoms with E-state index in [4.69, 9.17) is 5.41 Å². The minimum atomic E-state index is -0.211. The van der Waals surface area contributed by atoms with Crippen molar-refractivity contribution < 1.29 is 4.79 Å². The van der Waals surface area contributed by atoms with Crippen LogP contribution in [-0.4, -0.2) is 24.3 Å². The first kappa shape index (κ1) is 30.0. The monoisotopic (exact) mass is 472 g/mol. The summed E-state index contributed by atoms with van der Waals surface area (Å²) in [5.41, 5.74) is 7.92. The molecule has 0 aliphatic carbocycles. The Morgan fingerprint density at radius 1 is 1.17 bits per heavy atom. The third-order valence-electron chi connectivity index (χ3n) is 6.45. The number of hydrogen-bond donors (Lipinski definition) is 1. The van der Waals surface area contributed by atoms with Gasteiger partial charge >= 0.3 is 0 Å². The molecule has 0 fully saturated rings. The fourth-order valence-corrected chi connectivity index (χ4v) is 3.78. The Bertz CT molecular complexity index is 1020. The summed E-state index contributed by atoms with van der Waals surface area (Å²) in [5.74, 6) is -0.0705. The predicted molar refractivity (Wildman–Crippen MR) is 154 cm³/mol. The van der Waals surface area contributed by atoms with Gasteiger partial charge in [-0.15, -0.1) is 0 Å². The van der Waals surface area contributed by atoms with Crippen molar-refractivity contribution >= 4 is 17.7 Å². The quantitative estimate of drug-likeness (QED) is 0.203. The predicted octanol–water partition coefficient (Wildman–Crippen LogP) is 8.14. The molecule has 0 aliphatic heterocycles. The van der Waals surface area contributed by atoms with E-state index in [2.05, 4.69) is 69.3 Å². The van der Waals surface area contributed by atoms with E-state index in [1.807, 2.05) is 26.0 Å². The molecule has 0 saturated heterocycles. The molecule has 0 aromatic heterocycles. The van der Waals surface area contributed by atoms with Gasteiger partial charge in [0.1, 0.15) is 5.78 Å². The van der Waals surface area contributed by atoms with Crippen LogP contribution in [0.4, 0.5) is 0 Å². The number of aryl methyl sites for hydroxylation is 3. The first-order valence-corrected chi connectivity index (χ1v) is 12.6. The van der Waals surface area contributed by atoms with Crippen LogP contribution in [0.1, 0.15) is 63.6 Å². The van der Waals surface area contributed by atoms with Crippen LogP contribution in [0.3, 0.4) is 0 Å². The molecular formula is C32H44N2O. The highest BCUT2D eigenvalue weighted by Crippen LogP contribution is 2.20. The molecule has 0 radical (unpaired) electrons. The highest BCUT2D eigenvalue weighted by Gasteiger charge is 2.14. The second kappa shape index (κ2) is 15.8. The van der Waals surface area contributed by atoms with Gasteiger partial charge in [-0.05, 0) is 87.3 Å². The zero-order valence-electron chi connectivity index (χ0n) is 22.7. The average molecular weight is 473 g/mol. The van der Waals surface area contributed by atoms with Crippen molar-refractivity contribution in [3.8, 4) is 0 Å². The van der Waals surface area contributed by atoms with Gasteiger partial charge in [-0.1, -0.05) is 75.1 Å². The molecule has 35 heavy (non-hydrogen) atoms. The average Bonchev–Trinajstić information content (AvgIpc) is 2.83. The first-order chi connectivity index (χ1) is 16.6. The van der Waals surface area contributed by atoms with Gasteiger partial charge in [0.05, 0.1) is 0 Å². The van der Waals surface area contributed by atoms with Crippen molar-refractivity contribution in [2.75, 3.05) is 6.54 Å². The van der Waals surface area contributed by atoms with Crippen molar-refractivity contribution in [1.82, 2.24) is 0 Å². The second-order valence-corrected chi connectivity index (χ2v) is 9.38. The van der Waals surface area contributed by atoms with Crippen LogP contribution >= 0.6 is 0 Å². The molecule has 0 spiro atoms. The van der Waals surface area contributed by atoms with Crippen LogP contribution in [0.2, 0.25) is 0 Å². The zero-order chi connectivity index (χ0) is 26.4. The largest absolute Gasteiger partial charge is 0.312 e. The van der Waals surface area contributed by atoms with Crippen LogP contribution in [0.25, 0.3) is 0 Å². The SMILES string of the molecule is C=C/C=C\C(=C/C(=C)/C(C)=C/C(C=N)C(C)=NCC(CCC)C(C)=O)CCc1ccc(C)c(C)c1. The van der Waals surface area contributed by atoms with Crippen LogP contribution in [0.15, 0.2) is 83.4 Å². The Balaban J connectivity index is 3.02. The smallest absolute Gasteiger partial charge is 0.134 e. The highest BCUT2D eigenvalue weighted by molar-refractivity contribution is 5.98. The maximum atomic E-state index is 11.9. The molecule has 3 heteroatoms. The molecule has 1 N–H and O–H groups in total. The first-order valence-electron chi connectivity index (χ1n) is 12.6. The minimum Gasteiger partial charge on any atom is -0.312 e. The normalized spacial score (nSPS) is 14.6. The number of Topliss-reactive ketones (excluding diaryl/α,β-unsaturated/α-hetero) is 1. The van der Waals surface area contributed by atoms with Crippen molar-refractivity contribution in [3.63, 3.8) is 0 Å². The number of nitrogens with zero attached hydrogens (tertiary/aromatic N) is 1. The molecule has 0 amide bonds. The summed E-state index contributed by atoms with van der Waals surface area (Å²) < 4.78 is 0. The van der Waals surface area contributed by atoms with Crippen LogP contribution in [0, 0.1) is 31.1 Å². The van der Waals surface area contributed by atoms with Gasteiger partial charge in [-0.25, -0.2) is 0 Å². The molecule has 0 heterocycles. The zero-order valence-corrected chi connectivity index (χ0v) is 22.7. The number of ketones is 1. The number of nitrogens with one attached hydrogen (secondary N) is 1. The third-order valence-corrected chi connectivity index (χ3v) is 6.45. The fourth-order valence-electron chi connectivity index (χ4n) is 3.78. The van der Waals surface area contributed by atoms with Gasteiger partial charge in [-0.2, -0.15) is 0 Å². The molecule has 1 aromatic rings. The lowest BCUT2D eigenvalue weighted by molar-refractivity contribution is -0.120. The van der Waals surface area contributed by atoms with Gasteiger partial charge in [0.2, 0.25) is 0 Å². The fraction of sp³-hybridized carbons (Fsp3) is 0.406. The number of carbonyl (C=O) groups excluding carboxylic acids is 1. The Morgan fingerprint density at radius 2 is 1.89 bits per heavy atom. The van der Waals surface area contributed by atoms with E-state index >= 15 is 0 Å². The number of aliphatic imine (C=N–C) groups is 1. The Kier molecular flexibility index (Phi) is 13.5. The van der Waals surface area contributed by atoms with E-state index in [0.29, 0.717) is 6.54 Å². The van der Waals surface area contributed by atoms with E-state index in [1.165, 1.54) is 28.5 Å². The third kappa shape index (κ3) is 10.8. The molecule has 2 unspecified atom stereocenters.